The molecular weight excluding hydrogens is 328 g/mol. The van der Waals surface area contributed by atoms with Gasteiger partial charge in [0.15, 0.2) is 0 Å². The molecule has 0 amide bonds. The monoisotopic (exact) mass is 334 g/mol. The molecule has 0 radical (unpaired) electrons. The van der Waals surface area contributed by atoms with E-state index in [9.17, 15) is 28.1 Å². The second-order valence-electron chi connectivity index (χ2n) is 4.04. The number of rotatable bonds is 3. The highest BCUT2D eigenvalue weighted by Gasteiger charge is 2.18. The van der Waals surface area contributed by atoms with Gasteiger partial charge in [0.2, 0.25) is 10.0 Å². The maximum atomic E-state index is 12.1. The highest BCUT2D eigenvalue weighted by Crippen LogP contribution is 2.26. The van der Waals surface area contributed by atoms with E-state index in [2.05, 4.69) is 4.98 Å². The molecular formula is C9H7ClN4O6S. The van der Waals surface area contributed by atoms with Gasteiger partial charge >= 0.3 is 5.69 Å². The van der Waals surface area contributed by atoms with E-state index in [0.717, 1.165) is 18.4 Å². The van der Waals surface area contributed by atoms with Crippen molar-refractivity contribution in [2.75, 3.05) is 11.1 Å². The Bertz CT molecular complexity index is 976. The van der Waals surface area contributed by atoms with E-state index < -0.39 is 31.9 Å². The highest BCUT2D eigenvalue weighted by atomic mass is 35.5. The van der Waals surface area contributed by atoms with Crippen LogP contribution in [-0.2, 0) is 10.0 Å². The van der Waals surface area contributed by atoms with Gasteiger partial charge in [-0.1, -0.05) is 11.6 Å². The lowest BCUT2D eigenvalue weighted by Gasteiger charge is -2.07. The van der Waals surface area contributed by atoms with Crippen molar-refractivity contribution in [3.05, 3.63) is 48.1 Å². The summed E-state index contributed by atoms with van der Waals surface area (Å²) in [5.41, 5.74) is -2.70. The largest absolute Gasteiger partial charge is 0.348 e. The maximum Gasteiger partial charge on any atom is 0.348 e. The maximum absolute atomic E-state index is 12.1. The molecule has 0 fully saturated rings. The second kappa shape index (κ2) is 4.86. The van der Waals surface area contributed by atoms with Crippen molar-refractivity contribution in [1.82, 2.24) is 9.66 Å². The molecule has 21 heavy (non-hydrogen) atoms. The lowest BCUT2D eigenvalue weighted by Crippen LogP contribution is -2.43. The number of fused-ring (bicyclic) bond motifs is 1. The van der Waals surface area contributed by atoms with E-state index >= 15 is 0 Å². The van der Waals surface area contributed by atoms with Gasteiger partial charge < -0.3 is 4.98 Å². The second-order valence-corrected chi connectivity index (χ2v) is 6.17. The van der Waals surface area contributed by atoms with Crippen LogP contribution in [0.3, 0.4) is 0 Å². The third-order valence-corrected chi connectivity index (χ3v) is 3.24. The van der Waals surface area contributed by atoms with Crippen LogP contribution in [0.1, 0.15) is 0 Å². The van der Waals surface area contributed by atoms with Crippen LogP contribution in [0.2, 0.25) is 5.02 Å². The summed E-state index contributed by atoms with van der Waals surface area (Å²) in [4.78, 5) is 37.6. The van der Waals surface area contributed by atoms with Crippen LogP contribution in [0.4, 0.5) is 5.69 Å². The minimum atomic E-state index is -3.89. The Hall–Kier alpha value is -2.40. The number of nitrogens with zero attached hydrogens (tertiary/aromatic N) is 2. The first-order chi connectivity index (χ1) is 9.60. The molecule has 0 saturated carbocycles. The fourth-order valence-corrected chi connectivity index (χ4v) is 2.34. The summed E-state index contributed by atoms with van der Waals surface area (Å²) in [5.74, 6) is 0. The summed E-state index contributed by atoms with van der Waals surface area (Å²) < 4.78 is 22.4. The molecule has 112 valence electrons. The minimum Gasteiger partial charge on any atom is -0.305 e. The number of halogens is 1. The van der Waals surface area contributed by atoms with Crippen molar-refractivity contribution in [2.24, 2.45) is 0 Å². The van der Waals surface area contributed by atoms with Gasteiger partial charge in [-0.2, -0.15) is 4.68 Å². The zero-order chi connectivity index (χ0) is 15.9. The Labute approximate surface area is 121 Å². The fraction of sp³-hybridized carbons (Fsp3) is 0.111. The van der Waals surface area contributed by atoms with E-state index in [1.165, 1.54) is 0 Å². The number of hydrogen-bond donors (Lipinski definition) is 2. The number of aromatic amines is 1. The molecule has 12 heteroatoms. The van der Waals surface area contributed by atoms with Gasteiger partial charge in [0.1, 0.15) is 5.02 Å². The molecule has 0 aliphatic heterocycles. The van der Waals surface area contributed by atoms with Gasteiger partial charge in [-0.05, 0) is 6.07 Å². The lowest BCUT2D eigenvalue weighted by atomic mass is 10.2. The standard InChI is InChI=1S/C9H7ClN4O6S/c1-21(19,20)12-13-8(15)4-2-7(14(17)18)5(10)3-6(4)11-9(13)16/h2-3,12H,1H3,(H,11,16). The van der Waals surface area contributed by atoms with Crippen molar-refractivity contribution in [3.8, 4) is 0 Å². The van der Waals surface area contributed by atoms with Crippen molar-refractivity contribution < 1.29 is 13.3 Å². The van der Waals surface area contributed by atoms with E-state index in [0.29, 0.717) is 0 Å². The van der Waals surface area contributed by atoms with Crippen LogP contribution in [0.5, 0.6) is 0 Å². The molecule has 0 aliphatic carbocycles. The molecule has 1 aromatic carbocycles. The number of benzene rings is 1. The Morgan fingerprint density at radius 2 is 2.00 bits per heavy atom. The Kier molecular flexibility index (Phi) is 3.47. The number of nitrogens with one attached hydrogen (secondary N) is 2. The van der Waals surface area contributed by atoms with Crippen LogP contribution < -0.4 is 16.1 Å². The number of aromatic nitrogens is 2. The van der Waals surface area contributed by atoms with Gasteiger partial charge in [-0.3, -0.25) is 14.9 Å². The predicted molar refractivity (Wildman–Crippen MR) is 74.7 cm³/mol. The van der Waals surface area contributed by atoms with E-state index in [4.69, 9.17) is 11.6 Å². The minimum absolute atomic E-state index is 0.0489. The Balaban J connectivity index is 2.88. The van der Waals surface area contributed by atoms with Gasteiger partial charge in [-0.25, -0.2) is 18.0 Å². The van der Waals surface area contributed by atoms with Crippen LogP contribution >= 0.6 is 11.6 Å². The van der Waals surface area contributed by atoms with Crippen LogP contribution in [-0.4, -0.2) is 29.3 Å². The number of nitro groups is 1. The molecule has 0 unspecified atom stereocenters. The first-order valence-corrected chi connectivity index (χ1v) is 7.48. The van der Waals surface area contributed by atoms with Crippen LogP contribution in [0, 0.1) is 10.1 Å². The first-order valence-electron chi connectivity index (χ1n) is 5.21. The SMILES string of the molecule is CS(=O)(=O)Nn1c(=O)[nH]c2cc(Cl)c([N+](=O)[O-])cc2c1=O. The lowest BCUT2D eigenvalue weighted by molar-refractivity contribution is -0.384. The number of sulfonamides is 1. The van der Waals surface area contributed by atoms with E-state index in [-0.39, 0.29) is 20.6 Å². The number of hydrogen-bond acceptors (Lipinski definition) is 6. The highest BCUT2D eigenvalue weighted by molar-refractivity contribution is 7.91. The average molecular weight is 335 g/mol. The van der Waals surface area contributed by atoms with Crippen molar-refractivity contribution in [1.29, 1.82) is 0 Å². The predicted octanol–water partition coefficient (Wildman–Crippen LogP) is -0.245. The van der Waals surface area contributed by atoms with E-state index in [1.54, 1.807) is 4.83 Å². The Morgan fingerprint density at radius 1 is 1.38 bits per heavy atom. The molecule has 0 bridgehead atoms. The molecule has 0 aliphatic rings. The first kappa shape index (κ1) is 15.0. The van der Waals surface area contributed by atoms with Gasteiger partial charge in [0.25, 0.3) is 11.2 Å². The zero-order valence-electron chi connectivity index (χ0n) is 10.3. The molecule has 0 spiro atoms. The molecule has 2 aromatic rings. The van der Waals surface area contributed by atoms with Gasteiger partial charge in [0.05, 0.1) is 22.1 Å². The fourth-order valence-electron chi connectivity index (χ4n) is 1.61. The van der Waals surface area contributed by atoms with Crippen molar-refractivity contribution in [2.45, 2.75) is 0 Å². The van der Waals surface area contributed by atoms with Crippen molar-refractivity contribution in [3.63, 3.8) is 0 Å². The van der Waals surface area contributed by atoms with Crippen LogP contribution in [0.15, 0.2) is 21.7 Å². The van der Waals surface area contributed by atoms with E-state index in [1.807, 2.05) is 0 Å². The van der Waals surface area contributed by atoms with Gasteiger partial charge in [0, 0.05) is 6.07 Å². The number of nitro benzene ring substituents is 1. The van der Waals surface area contributed by atoms with Gasteiger partial charge in [-0.15, -0.1) is 0 Å². The smallest absolute Gasteiger partial charge is 0.305 e. The molecule has 2 rings (SSSR count). The quantitative estimate of drug-likeness (QED) is 0.585. The summed E-state index contributed by atoms with van der Waals surface area (Å²) >= 11 is 5.67. The molecule has 0 atom stereocenters. The average Bonchev–Trinajstić information content (AvgIpc) is 2.32. The number of H-pyrrole nitrogens is 1. The zero-order valence-corrected chi connectivity index (χ0v) is 11.9. The molecule has 1 heterocycles. The topological polar surface area (TPSA) is 144 Å². The third kappa shape index (κ3) is 2.87. The Morgan fingerprint density at radius 3 is 2.52 bits per heavy atom. The summed E-state index contributed by atoms with van der Waals surface area (Å²) in [6.07, 6.45) is 0.743. The molecule has 2 N–H and O–H groups in total. The van der Waals surface area contributed by atoms with Crippen LogP contribution in [0.25, 0.3) is 10.9 Å². The third-order valence-electron chi connectivity index (χ3n) is 2.42. The summed E-state index contributed by atoms with van der Waals surface area (Å²) in [5, 5.41) is 10.3. The van der Waals surface area contributed by atoms with Crippen molar-refractivity contribution >= 4 is 38.2 Å². The summed E-state index contributed by atoms with van der Waals surface area (Å²) in [7, 11) is -3.89. The molecule has 0 saturated heterocycles. The summed E-state index contributed by atoms with van der Waals surface area (Å²) in [6, 6.07) is 1.90. The normalized spacial score (nSPS) is 11.5. The molecule has 1 aromatic heterocycles. The summed E-state index contributed by atoms with van der Waals surface area (Å²) in [6.45, 7) is 0. The molecule has 10 nitrogen and oxygen atoms in total.